The van der Waals surface area contributed by atoms with Crippen molar-refractivity contribution in [3.63, 3.8) is 0 Å². The lowest BCUT2D eigenvalue weighted by atomic mass is 9.69. The van der Waals surface area contributed by atoms with E-state index in [4.69, 9.17) is 0 Å². The summed E-state index contributed by atoms with van der Waals surface area (Å²) < 4.78 is 14.6. The largest absolute Gasteiger partial charge is 0.296 e. The molecule has 0 aromatic heterocycles. The van der Waals surface area contributed by atoms with Crippen LogP contribution >= 0.6 is 0 Å². The Morgan fingerprint density at radius 1 is 1.04 bits per heavy atom. The monoisotopic (exact) mass is 380 g/mol. The third kappa shape index (κ3) is 5.00. The highest BCUT2D eigenvalue weighted by molar-refractivity contribution is 5.34. The van der Waals surface area contributed by atoms with E-state index in [-0.39, 0.29) is 11.7 Å². The van der Waals surface area contributed by atoms with Crippen LogP contribution < -0.4 is 0 Å². The van der Waals surface area contributed by atoms with Gasteiger partial charge < -0.3 is 0 Å². The van der Waals surface area contributed by atoms with E-state index >= 15 is 0 Å². The number of nitrogens with zero attached hydrogens (tertiary/aromatic N) is 2. The van der Waals surface area contributed by atoms with E-state index < -0.39 is 5.41 Å². The molecule has 2 aromatic rings. The van der Waals surface area contributed by atoms with Crippen LogP contribution in [0.1, 0.15) is 58.1 Å². The number of nitriles is 1. The zero-order valence-corrected chi connectivity index (χ0v) is 17.7. The maximum absolute atomic E-state index is 14.6. The molecule has 2 aromatic carbocycles. The van der Waals surface area contributed by atoms with Gasteiger partial charge in [-0.3, -0.25) is 4.90 Å². The van der Waals surface area contributed by atoms with E-state index in [9.17, 15) is 9.65 Å². The van der Waals surface area contributed by atoms with E-state index in [0.29, 0.717) is 18.0 Å². The van der Waals surface area contributed by atoms with E-state index in [0.717, 1.165) is 25.9 Å². The van der Waals surface area contributed by atoms with E-state index in [1.54, 1.807) is 12.1 Å². The van der Waals surface area contributed by atoms with Crippen LogP contribution in [0.4, 0.5) is 4.39 Å². The van der Waals surface area contributed by atoms with Gasteiger partial charge in [-0.2, -0.15) is 5.26 Å². The van der Waals surface area contributed by atoms with Crippen molar-refractivity contribution in [3.05, 3.63) is 71.5 Å². The summed E-state index contributed by atoms with van der Waals surface area (Å²) in [6.07, 6.45) is 2.54. The quantitative estimate of drug-likeness (QED) is 0.482. The first-order valence-electron chi connectivity index (χ1n) is 10.4. The molecule has 0 bridgehead atoms. The summed E-state index contributed by atoms with van der Waals surface area (Å²) in [6, 6.07) is 20.1. The topological polar surface area (TPSA) is 27.0 Å². The summed E-state index contributed by atoms with van der Waals surface area (Å²) in [4.78, 5) is 2.47. The third-order valence-corrected chi connectivity index (χ3v) is 6.03. The smallest absolute Gasteiger partial charge is 0.128 e. The van der Waals surface area contributed by atoms with Crippen molar-refractivity contribution in [2.45, 2.75) is 65.0 Å². The Kier molecular flexibility index (Phi) is 8.20. The molecule has 2 unspecified atom stereocenters. The number of benzene rings is 2. The van der Waals surface area contributed by atoms with E-state index in [1.807, 2.05) is 26.0 Å². The van der Waals surface area contributed by atoms with Crippen LogP contribution in [0.3, 0.4) is 0 Å². The highest BCUT2D eigenvalue weighted by atomic mass is 19.1. The van der Waals surface area contributed by atoms with Crippen LogP contribution in [0.5, 0.6) is 0 Å². The molecule has 2 rings (SSSR count). The van der Waals surface area contributed by atoms with Crippen molar-refractivity contribution in [3.8, 4) is 6.07 Å². The fourth-order valence-electron chi connectivity index (χ4n) is 4.16. The van der Waals surface area contributed by atoms with Gasteiger partial charge in [0.15, 0.2) is 0 Å². The molecule has 0 aliphatic carbocycles. The molecule has 0 fully saturated rings. The van der Waals surface area contributed by atoms with Crippen molar-refractivity contribution in [2.24, 2.45) is 5.92 Å². The molecule has 0 radical (unpaired) electrons. The lowest BCUT2D eigenvalue weighted by Gasteiger charge is -2.36. The normalized spacial score (nSPS) is 14.6. The summed E-state index contributed by atoms with van der Waals surface area (Å²) in [6.45, 7) is 10.3. The van der Waals surface area contributed by atoms with E-state index in [1.165, 1.54) is 11.6 Å². The molecule has 0 heterocycles. The second-order valence-electron chi connectivity index (χ2n) is 7.87. The molecule has 0 saturated heterocycles. The summed E-state index contributed by atoms with van der Waals surface area (Å²) in [5, 5.41) is 10.1. The van der Waals surface area contributed by atoms with Crippen molar-refractivity contribution in [1.82, 2.24) is 4.90 Å². The van der Waals surface area contributed by atoms with Gasteiger partial charge in [-0.25, -0.2) is 4.39 Å². The Labute approximate surface area is 170 Å². The first-order chi connectivity index (χ1) is 13.5. The fraction of sp³-hybridized carbons (Fsp3) is 0.480. The van der Waals surface area contributed by atoms with Crippen molar-refractivity contribution < 1.29 is 4.39 Å². The predicted molar refractivity (Wildman–Crippen MR) is 114 cm³/mol. The predicted octanol–water partition coefficient (Wildman–Crippen LogP) is 6.32. The Morgan fingerprint density at radius 2 is 1.68 bits per heavy atom. The Morgan fingerprint density at radius 3 is 2.21 bits per heavy atom. The molecule has 0 saturated carbocycles. The zero-order chi connectivity index (χ0) is 20.6. The van der Waals surface area contributed by atoms with Gasteiger partial charge in [-0.05, 0) is 43.4 Å². The summed E-state index contributed by atoms with van der Waals surface area (Å²) in [5.74, 6) is -0.237. The Hall–Kier alpha value is -2.18. The summed E-state index contributed by atoms with van der Waals surface area (Å²) >= 11 is 0. The maximum Gasteiger partial charge on any atom is 0.128 e. The van der Waals surface area contributed by atoms with Crippen molar-refractivity contribution >= 4 is 0 Å². The standard InChI is InChI=1S/C25H33FN2/c1-5-22(28(6-2)18-21-12-8-7-9-13-21)16-17-25(19-27,20(3)4)23-14-10-11-15-24(23)26/h7-15,20,22H,5-6,16-18H2,1-4H3. The Bertz CT molecular complexity index is 766. The van der Waals surface area contributed by atoms with Crippen LogP contribution in [-0.4, -0.2) is 17.5 Å². The van der Waals surface area contributed by atoms with Gasteiger partial charge >= 0.3 is 0 Å². The Balaban J connectivity index is 2.22. The highest BCUT2D eigenvalue weighted by Gasteiger charge is 2.38. The molecule has 150 valence electrons. The molecular weight excluding hydrogens is 347 g/mol. The van der Waals surface area contributed by atoms with Crippen LogP contribution in [0.2, 0.25) is 0 Å². The highest BCUT2D eigenvalue weighted by Crippen LogP contribution is 2.39. The van der Waals surface area contributed by atoms with Gasteiger partial charge in [-0.1, -0.05) is 76.2 Å². The second kappa shape index (κ2) is 10.4. The molecule has 28 heavy (non-hydrogen) atoms. The summed E-state index contributed by atoms with van der Waals surface area (Å²) in [5.41, 5.74) is 1.03. The molecule has 0 aliphatic rings. The summed E-state index contributed by atoms with van der Waals surface area (Å²) in [7, 11) is 0. The number of hydrogen-bond acceptors (Lipinski definition) is 2. The zero-order valence-electron chi connectivity index (χ0n) is 17.7. The molecular formula is C25H33FN2. The van der Waals surface area contributed by atoms with Crippen LogP contribution in [0, 0.1) is 23.1 Å². The minimum Gasteiger partial charge on any atom is -0.296 e. The van der Waals surface area contributed by atoms with Gasteiger partial charge in [-0.15, -0.1) is 0 Å². The van der Waals surface area contributed by atoms with Gasteiger partial charge in [0.05, 0.1) is 11.5 Å². The van der Waals surface area contributed by atoms with Gasteiger partial charge in [0.1, 0.15) is 5.82 Å². The molecule has 2 atom stereocenters. The second-order valence-corrected chi connectivity index (χ2v) is 7.87. The number of hydrogen-bond donors (Lipinski definition) is 0. The molecule has 0 amide bonds. The van der Waals surface area contributed by atoms with Crippen LogP contribution in [0.15, 0.2) is 54.6 Å². The molecule has 2 nitrogen and oxygen atoms in total. The number of halogens is 1. The maximum atomic E-state index is 14.6. The first kappa shape index (κ1) is 22.1. The lowest BCUT2D eigenvalue weighted by molar-refractivity contribution is 0.167. The van der Waals surface area contributed by atoms with Crippen LogP contribution in [0.25, 0.3) is 0 Å². The van der Waals surface area contributed by atoms with Crippen molar-refractivity contribution in [2.75, 3.05) is 6.54 Å². The molecule has 0 N–H and O–H groups in total. The molecule has 0 spiro atoms. The number of rotatable bonds is 10. The van der Waals surface area contributed by atoms with Crippen LogP contribution in [-0.2, 0) is 12.0 Å². The fourth-order valence-corrected chi connectivity index (χ4v) is 4.16. The molecule has 0 aliphatic heterocycles. The van der Waals surface area contributed by atoms with Gasteiger partial charge in [0.25, 0.3) is 0 Å². The minimum atomic E-state index is -0.801. The van der Waals surface area contributed by atoms with Crippen molar-refractivity contribution in [1.29, 1.82) is 5.26 Å². The lowest BCUT2D eigenvalue weighted by Crippen LogP contribution is -2.38. The first-order valence-corrected chi connectivity index (χ1v) is 10.4. The third-order valence-electron chi connectivity index (χ3n) is 6.03. The molecule has 3 heteroatoms. The van der Waals surface area contributed by atoms with Gasteiger partial charge in [0.2, 0.25) is 0 Å². The van der Waals surface area contributed by atoms with E-state index in [2.05, 4.69) is 49.1 Å². The average molecular weight is 381 g/mol. The average Bonchev–Trinajstić information content (AvgIpc) is 2.71. The minimum absolute atomic E-state index is 0.0381. The van der Waals surface area contributed by atoms with Gasteiger partial charge in [0, 0.05) is 18.2 Å². The SMILES string of the molecule is CCC(CCC(C#N)(c1ccccc1F)C(C)C)N(CC)Cc1ccccc1.